The van der Waals surface area contributed by atoms with Gasteiger partial charge in [-0.1, -0.05) is 12.8 Å². The molecule has 2 aliphatic rings. The normalized spacial score (nSPS) is 34.6. The van der Waals surface area contributed by atoms with E-state index in [4.69, 9.17) is 4.74 Å². The number of carboxylic acid groups (broad SMARTS) is 1. The van der Waals surface area contributed by atoms with Crippen LogP contribution < -0.4 is 5.32 Å². The van der Waals surface area contributed by atoms with Gasteiger partial charge in [-0.25, -0.2) is 4.79 Å². The fourth-order valence-electron chi connectivity index (χ4n) is 2.89. The number of carbonyl (C=O) groups is 2. The van der Waals surface area contributed by atoms with Gasteiger partial charge in [0.25, 0.3) is 0 Å². The van der Waals surface area contributed by atoms with Crippen LogP contribution in [0, 0.1) is 5.41 Å². The number of nitrogens with zero attached hydrogens (tertiary/aromatic N) is 1. The van der Waals surface area contributed by atoms with E-state index in [1.807, 2.05) is 11.8 Å². The van der Waals surface area contributed by atoms with Crippen LogP contribution in [-0.4, -0.2) is 53.8 Å². The Labute approximate surface area is 119 Å². The summed E-state index contributed by atoms with van der Waals surface area (Å²) in [7, 11) is 0. The summed E-state index contributed by atoms with van der Waals surface area (Å²) >= 11 is 0. The molecule has 20 heavy (non-hydrogen) atoms. The van der Waals surface area contributed by atoms with Crippen molar-refractivity contribution in [3.05, 3.63) is 0 Å². The van der Waals surface area contributed by atoms with Gasteiger partial charge in [0.2, 0.25) is 0 Å². The smallest absolute Gasteiger partial charge is 0.317 e. The van der Waals surface area contributed by atoms with Crippen molar-refractivity contribution in [2.45, 2.75) is 51.6 Å². The van der Waals surface area contributed by atoms with Crippen molar-refractivity contribution in [2.75, 3.05) is 19.8 Å². The lowest BCUT2D eigenvalue weighted by Crippen LogP contribution is -2.54. The first-order chi connectivity index (χ1) is 9.45. The highest BCUT2D eigenvalue weighted by Gasteiger charge is 2.47. The third kappa shape index (κ3) is 2.90. The number of hydrogen-bond donors (Lipinski definition) is 2. The monoisotopic (exact) mass is 284 g/mol. The van der Waals surface area contributed by atoms with Gasteiger partial charge in [0.1, 0.15) is 5.41 Å². The molecule has 6 nitrogen and oxygen atoms in total. The number of amides is 2. The summed E-state index contributed by atoms with van der Waals surface area (Å²) in [6.07, 6.45) is 4.30. The topological polar surface area (TPSA) is 78.9 Å². The SMILES string of the molecule is CC1CCCCCN1C(=O)NC1COCC1(C)C(=O)O. The van der Waals surface area contributed by atoms with Crippen LogP contribution in [0.1, 0.15) is 39.5 Å². The Morgan fingerprint density at radius 1 is 1.35 bits per heavy atom. The van der Waals surface area contributed by atoms with Gasteiger partial charge < -0.3 is 20.1 Å². The van der Waals surface area contributed by atoms with Crippen LogP contribution in [0.2, 0.25) is 0 Å². The summed E-state index contributed by atoms with van der Waals surface area (Å²) in [5.41, 5.74) is -1.04. The number of carbonyl (C=O) groups excluding carboxylic acids is 1. The van der Waals surface area contributed by atoms with Crippen LogP contribution in [0.3, 0.4) is 0 Å². The molecule has 0 aromatic rings. The summed E-state index contributed by atoms with van der Waals surface area (Å²) in [6.45, 7) is 4.82. The summed E-state index contributed by atoms with van der Waals surface area (Å²) in [6, 6.07) is -0.429. The predicted molar refractivity (Wildman–Crippen MR) is 73.5 cm³/mol. The number of aliphatic carboxylic acids is 1. The van der Waals surface area contributed by atoms with Gasteiger partial charge >= 0.3 is 12.0 Å². The number of likely N-dealkylation sites (tertiary alicyclic amines) is 1. The number of ether oxygens (including phenoxy) is 1. The molecule has 2 fully saturated rings. The highest BCUT2D eigenvalue weighted by atomic mass is 16.5. The minimum atomic E-state index is -1.04. The number of carboxylic acids is 1. The van der Waals surface area contributed by atoms with Crippen molar-refractivity contribution in [3.63, 3.8) is 0 Å². The molecule has 0 aliphatic carbocycles. The van der Waals surface area contributed by atoms with Gasteiger partial charge in [-0.2, -0.15) is 0 Å². The second-order valence-electron chi connectivity index (χ2n) is 6.13. The Balaban J connectivity index is 2.01. The highest BCUT2D eigenvalue weighted by molar-refractivity contribution is 5.79. The van der Waals surface area contributed by atoms with Crippen LogP contribution in [0.25, 0.3) is 0 Å². The molecule has 6 heteroatoms. The molecule has 2 rings (SSSR count). The molecular formula is C14H24N2O4. The number of rotatable bonds is 2. The standard InChI is InChI=1S/C14H24N2O4/c1-10-6-4-3-5-7-16(10)13(19)15-11-8-20-9-14(11,2)12(17)18/h10-11H,3-9H2,1-2H3,(H,15,19)(H,17,18). The maximum atomic E-state index is 12.4. The maximum absolute atomic E-state index is 12.4. The summed E-state index contributed by atoms with van der Waals surface area (Å²) < 4.78 is 5.26. The molecule has 2 aliphatic heterocycles. The molecule has 0 saturated carbocycles. The van der Waals surface area contributed by atoms with E-state index in [0.29, 0.717) is 0 Å². The van der Waals surface area contributed by atoms with Gasteiger partial charge in [0, 0.05) is 12.6 Å². The van der Waals surface area contributed by atoms with E-state index in [1.165, 1.54) is 0 Å². The van der Waals surface area contributed by atoms with Crippen molar-refractivity contribution >= 4 is 12.0 Å². The zero-order valence-electron chi connectivity index (χ0n) is 12.2. The van der Waals surface area contributed by atoms with Gasteiger partial charge in [-0.05, 0) is 26.7 Å². The van der Waals surface area contributed by atoms with E-state index < -0.39 is 17.4 Å². The lowest BCUT2D eigenvalue weighted by Gasteiger charge is -2.31. The second kappa shape index (κ2) is 5.99. The Kier molecular flexibility index (Phi) is 4.52. The van der Waals surface area contributed by atoms with Crippen LogP contribution >= 0.6 is 0 Å². The molecule has 3 atom stereocenters. The molecule has 0 aromatic heterocycles. The molecule has 2 amide bonds. The average molecular weight is 284 g/mol. The maximum Gasteiger partial charge on any atom is 0.317 e. The molecule has 3 unspecified atom stereocenters. The van der Waals surface area contributed by atoms with Gasteiger partial charge in [-0.3, -0.25) is 4.79 Å². The molecule has 2 saturated heterocycles. The fraction of sp³-hybridized carbons (Fsp3) is 0.857. The molecule has 2 N–H and O–H groups in total. The van der Waals surface area contributed by atoms with Gasteiger partial charge in [0.05, 0.1) is 19.3 Å². The van der Waals surface area contributed by atoms with E-state index in [1.54, 1.807) is 6.92 Å². The van der Waals surface area contributed by atoms with Crippen molar-refractivity contribution in [1.82, 2.24) is 10.2 Å². The summed E-state index contributed by atoms with van der Waals surface area (Å²) in [4.78, 5) is 25.6. The zero-order chi connectivity index (χ0) is 14.8. The van der Waals surface area contributed by atoms with Crippen molar-refractivity contribution in [1.29, 1.82) is 0 Å². The number of nitrogens with one attached hydrogen (secondary N) is 1. The number of urea groups is 1. The molecule has 0 radical (unpaired) electrons. The first-order valence-corrected chi connectivity index (χ1v) is 7.33. The molecule has 0 spiro atoms. The van der Waals surface area contributed by atoms with Crippen LogP contribution in [0.5, 0.6) is 0 Å². The minimum absolute atomic E-state index is 0.142. The highest BCUT2D eigenvalue weighted by Crippen LogP contribution is 2.29. The Hall–Kier alpha value is -1.30. The van der Waals surface area contributed by atoms with Crippen molar-refractivity contribution < 1.29 is 19.4 Å². The first kappa shape index (κ1) is 15.1. The van der Waals surface area contributed by atoms with E-state index in [0.717, 1.165) is 32.2 Å². The van der Waals surface area contributed by atoms with E-state index >= 15 is 0 Å². The minimum Gasteiger partial charge on any atom is -0.481 e. The molecule has 2 heterocycles. The third-order valence-electron chi connectivity index (χ3n) is 4.56. The fourth-order valence-corrected chi connectivity index (χ4v) is 2.89. The summed E-state index contributed by atoms with van der Waals surface area (Å²) in [5.74, 6) is -0.927. The molecule has 0 aromatic carbocycles. The predicted octanol–water partition coefficient (Wildman–Crippen LogP) is 1.45. The molecular weight excluding hydrogens is 260 g/mol. The van der Waals surface area contributed by atoms with Crippen LogP contribution in [0.15, 0.2) is 0 Å². The zero-order valence-corrected chi connectivity index (χ0v) is 12.2. The lowest BCUT2D eigenvalue weighted by atomic mass is 9.85. The first-order valence-electron chi connectivity index (χ1n) is 7.33. The quantitative estimate of drug-likeness (QED) is 0.804. The van der Waals surface area contributed by atoms with E-state index in [2.05, 4.69) is 5.32 Å². The Bertz CT molecular complexity index is 387. The second-order valence-corrected chi connectivity index (χ2v) is 6.13. The number of hydrogen-bond acceptors (Lipinski definition) is 3. The van der Waals surface area contributed by atoms with Crippen LogP contribution in [0.4, 0.5) is 4.79 Å². The molecule has 0 bridgehead atoms. The third-order valence-corrected chi connectivity index (χ3v) is 4.56. The van der Waals surface area contributed by atoms with Crippen molar-refractivity contribution in [2.24, 2.45) is 5.41 Å². The Morgan fingerprint density at radius 3 is 2.80 bits per heavy atom. The van der Waals surface area contributed by atoms with E-state index in [-0.39, 0.29) is 25.3 Å². The van der Waals surface area contributed by atoms with Gasteiger partial charge in [0.15, 0.2) is 0 Å². The van der Waals surface area contributed by atoms with Gasteiger partial charge in [-0.15, -0.1) is 0 Å². The Morgan fingerprint density at radius 2 is 2.10 bits per heavy atom. The molecule has 114 valence electrons. The summed E-state index contributed by atoms with van der Waals surface area (Å²) in [5, 5.41) is 12.2. The lowest BCUT2D eigenvalue weighted by molar-refractivity contribution is -0.148. The largest absolute Gasteiger partial charge is 0.481 e. The van der Waals surface area contributed by atoms with E-state index in [9.17, 15) is 14.7 Å². The van der Waals surface area contributed by atoms with Crippen molar-refractivity contribution in [3.8, 4) is 0 Å². The van der Waals surface area contributed by atoms with Crippen LogP contribution in [-0.2, 0) is 9.53 Å². The average Bonchev–Trinajstić information content (AvgIpc) is 2.63.